The molecule has 0 aromatic rings. The summed E-state index contributed by atoms with van der Waals surface area (Å²) in [7, 11) is 0. The van der Waals surface area contributed by atoms with E-state index < -0.39 is 6.10 Å². The van der Waals surface area contributed by atoms with E-state index in [9.17, 15) is 14.4 Å². The summed E-state index contributed by atoms with van der Waals surface area (Å²) in [5, 5.41) is 0. The number of hydrogen-bond donors (Lipinski definition) is 0. The minimum atomic E-state index is -0.786. The molecule has 0 spiro atoms. The Balaban J connectivity index is 4.24. The van der Waals surface area contributed by atoms with Crippen LogP contribution >= 0.6 is 0 Å². The van der Waals surface area contributed by atoms with Gasteiger partial charge in [-0.3, -0.25) is 14.4 Å². The quantitative estimate of drug-likeness (QED) is 0.0262. The Bertz CT molecular complexity index is 1400. The number of esters is 3. The molecule has 6 heteroatoms. The summed E-state index contributed by atoms with van der Waals surface area (Å²) in [6, 6.07) is 0. The second kappa shape index (κ2) is 57.9. The number of rotatable bonds is 52. The van der Waals surface area contributed by atoms with E-state index >= 15 is 0 Å². The third kappa shape index (κ3) is 55.3. The molecule has 0 bridgehead atoms. The van der Waals surface area contributed by atoms with Crippen molar-refractivity contribution < 1.29 is 28.6 Å². The van der Waals surface area contributed by atoms with Crippen molar-refractivity contribution in [3.05, 3.63) is 97.2 Å². The van der Waals surface area contributed by atoms with E-state index in [4.69, 9.17) is 14.2 Å². The second-order valence-corrected chi connectivity index (χ2v) is 19.2. The van der Waals surface area contributed by atoms with Gasteiger partial charge in [-0.2, -0.15) is 0 Å². The highest BCUT2D eigenvalue weighted by Gasteiger charge is 2.19. The number of ether oxygens (including phenoxy) is 3. The van der Waals surface area contributed by atoms with Gasteiger partial charge in [0, 0.05) is 19.3 Å². The minimum absolute atomic E-state index is 0.0848. The molecule has 0 radical (unpaired) electrons. The molecule has 0 rings (SSSR count). The first-order chi connectivity index (χ1) is 34.5. The molecule has 0 aliphatic carbocycles. The van der Waals surface area contributed by atoms with Crippen LogP contribution in [0.4, 0.5) is 0 Å². The standard InChI is InChI=1S/C64H108O6/c1-4-7-10-13-16-18-20-22-24-26-28-29-30-31-32-33-34-35-36-38-39-41-43-45-48-51-54-57-63(66)69-60-61(59-68-62(65)56-53-50-47-15-12-9-6-3)70-64(67)58-55-52-49-46-44-42-40-37-27-25-23-21-19-17-14-11-8-5-2/h7,10,16,18,22,24-25,27-29,31-32,34-35,38-39,61H,4-6,8-9,11-15,17,19-21,23,26,30,33,36-37,40-60H2,1-3H3/b10-7-,18-16-,24-22-,27-25-,29-28-,32-31-,35-34-,39-38-. The molecule has 70 heavy (non-hydrogen) atoms. The Labute approximate surface area is 432 Å². The molecule has 0 aliphatic rings. The van der Waals surface area contributed by atoms with Crippen molar-refractivity contribution in [2.45, 2.75) is 277 Å². The minimum Gasteiger partial charge on any atom is -0.462 e. The van der Waals surface area contributed by atoms with Crippen molar-refractivity contribution in [2.24, 2.45) is 0 Å². The molecule has 1 atom stereocenters. The predicted octanol–water partition coefficient (Wildman–Crippen LogP) is 19.7. The smallest absolute Gasteiger partial charge is 0.306 e. The fourth-order valence-corrected chi connectivity index (χ4v) is 7.95. The third-order valence-corrected chi connectivity index (χ3v) is 12.3. The topological polar surface area (TPSA) is 78.9 Å². The van der Waals surface area contributed by atoms with E-state index in [0.29, 0.717) is 19.3 Å². The largest absolute Gasteiger partial charge is 0.462 e. The van der Waals surface area contributed by atoms with Crippen molar-refractivity contribution in [3.8, 4) is 0 Å². The Morgan fingerprint density at radius 1 is 0.300 bits per heavy atom. The van der Waals surface area contributed by atoms with Gasteiger partial charge in [-0.05, 0) is 103 Å². The zero-order valence-electron chi connectivity index (χ0n) is 45.8. The van der Waals surface area contributed by atoms with Gasteiger partial charge < -0.3 is 14.2 Å². The zero-order valence-corrected chi connectivity index (χ0v) is 45.8. The van der Waals surface area contributed by atoms with Gasteiger partial charge in [0.15, 0.2) is 6.10 Å². The molecule has 0 aliphatic heterocycles. The monoisotopic (exact) mass is 973 g/mol. The van der Waals surface area contributed by atoms with Gasteiger partial charge in [0.1, 0.15) is 13.2 Å². The Hall–Kier alpha value is -3.67. The van der Waals surface area contributed by atoms with Crippen LogP contribution in [0.25, 0.3) is 0 Å². The van der Waals surface area contributed by atoms with Crippen LogP contribution in [-0.4, -0.2) is 37.2 Å². The van der Waals surface area contributed by atoms with E-state index in [1.165, 1.54) is 109 Å². The van der Waals surface area contributed by atoms with Crippen molar-refractivity contribution in [2.75, 3.05) is 13.2 Å². The molecular weight excluding hydrogens is 865 g/mol. The van der Waals surface area contributed by atoms with Crippen molar-refractivity contribution in [1.82, 2.24) is 0 Å². The van der Waals surface area contributed by atoms with Gasteiger partial charge in [0.05, 0.1) is 0 Å². The van der Waals surface area contributed by atoms with Gasteiger partial charge in [0.25, 0.3) is 0 Å². The molecular formula is C64H108O6. The number of carbonyl (C=O) groups is 3. The van der Waals surface area contributed by atoms with E-state index in [1.54, 1.807) is 0 Å². The van der Waals surface area contributed by atoms with E-state index in [2.05, 4.69) is 118 Å². The predicted molar refractivity (Wildman–Crippen MR) is 302 cm³/mol. The van der Waals surface area contributed by atoms with Crippen LogP contribution in [0.2, 0.25) is 0 Å². The van der Waals surface area contributed by atoms with E-state index in [1.807, 2.05) is 0 Å². The normalized spacial score (nSPS) is 12.8. The molecule has 6 nitrogen and oxygen atoms in total. The Kier molecular flexibility index (Phi) is 54.9. The average molecular weight is 974 g/mol. The van der Waals surface area contributed by atoms with Crippen molar-refractivity contribution in [3.63, 3.8) is 0 Å². The van der Waals surface area contributed by atoms with Crippen LogP contribution in [0, 0.1) is 0 Å². The number of carbonyl (C=O) groups excluding carboxylic acids is 3. The van der Waals surface area contributed by atoms with Gasteiger partial charge in [-0.1, -0.05) is 246 Å². The summed E-state index contributed by atoms with van der Waals surface area (Å²) in [4.78, 5) is 38.0. The second-order valence-electron chi connectivity index (χ2n) is 19.2. The fraction of sp³-hybridized carbons (Fsp3) is 0.703. The van der Waals surface area contributed by atoms with Crippen LogP contribution in [0.5, 0.6) is 0 Å². The summed E-state index contributed by atoms with van der Waals surface area (Å²) in [5.74, 6) is -0.913. The molecule has 0 saturated heterocycles. The van der Waals surface area contributed by atoms with Crippen LogP contribution < -0.4 is 0 Å². The van der Waals surface area contributed by atoms with E-state index in [0.717, 1.165) is 122 Å². The van der Waals surface area contributed by atoms with Crippen LogP contribution in [-0.2, 0) is 28.6 Å². The molecule has 1 unspecified atom stereocenters. The lowest BCUT2D eigenvalue weighted by molar-refractivity contribution is -0.167. The molecule has 0 saturated carbocycles. The lowest BCUT2D eigenvalue weighted by atomic mass is 10.1. The maximum absolute atomic E-state index is 12.8. The SMILES string of the molecule is CC/C=C\C/C=C\C/C=C\C/C=C\C/C=C\C/C=C\C/C=C\CCCCCCCC(=O)OCC(COC(=O)CCCCCCCCC)OC(=O)CCCCCCCCC/C=C\CCCCCCCCC. The van der Waals surface area contributed by atoms with Crippen LogP contribution in [0.1, 0.15) is 271 Å². The van der Waals surface area contributed by atoms with Crippen molar-refractivity contribution in [1.29, 1.82) is 0 Å². The summed E-state index contributed by atoms with van der Waals surface area (Å²) in [6.07, 6.45) is 77.0. The molecule has 0 heterocycles. The lowest BCUT2D eigenvalue weighted by Gasteiger charge is -2.18. The summed E-state index contributed by atoms with van der Waals surface area (Å²) in [6.45, 7) is 6.47. The summed E-state index contributed by atoms with van der Waals surface area (Å²) < 4.78 is 16.8. The number of unbranched alkanes of at least 4 members (excludes halogenated alkanes) is 25. The first-order valence-electron chi connectivity index (χ1n) is 29.2. The molecule has 0 N–H and O–H groups in total. The Morgan fingerprint density at radius 3 is 0.886 bits per heavy atom. The average Bonchev–Trinajstić information content (AvgIpc) is 3.36. The molecule has 0 amide bonds. The van der Waals surface area contributed by atoms with Crippen molar-refractivity contribution >= 4 is 17.9 Å². The molecule has 0 aromatic carbocycles. The molecule has 0 fully saturated rings. The highest BCUT2D eigenvalue weighted by Crippen LogP contribution is 2.15. The van der Waals surface area contributed by atoms with E-state index in [-0.39, 0.29) is 31.1 Å². The summed E-state index contributed by atoms with van der Waals surface area (Å²) >= 11 is 0. The maximum atomic E-state index is 12.8. The Morgan fingerprint density at radius 2 is 0.557 bits per heavy atom. The van der Waals surface area contributed by atoms with Crippen LogP contribution in [0.3, 0.4) is 0 Å². The number of allylic oxidation sites excluding steroid dienone is 16. The highest BCUT2D eigenvalue weighted by atomic mass is 16.6. The van der Waals surface area contributed by atoms with Crippen LogP contribution in [0.15, 0.2) is 97.2 Å². The highest BCUT2D eigenvalue weighted by molar-refractivity contribution is 5.71. The van der Waals surface area contributed by atoms with Gasteiger partial charge in [0.2, 0.25) is 0 Å². The first kappa shape index (κ1) is 66.3. The van der Waals surface area contributed by atoms with Gasteiger partial charge in [-0.25, -0.2) is 0 Å². The summed E-state index contributed by atoms with van der Waals surface area (Å²) in [5.41, 5.74) is 0. The molecule has 400 valence electrons. The number of hydrogen-bond acceptors (Lipinski definition) is 6. The third-order valence-electron chi connectivity index (χ3n) is 12.3. The van der Waals surface area contributed by atoms with Gasteiger partial charge in [-0.15, -0.1) is 0 Å². The fourth-order valence-electron chi connectivity index (χ4n) is 7.95. The zero-order chi connectivity index (χ0) is 50.7. The maximum Gasteiger partial charge on any atom is 0.306 e. The first-order valence-corrected chi connectivity index (χ1v) is 29.2. The van der Waals surface area contributed by atoms with Gasteiger partial charge >= 0.3 is 17.9 Å². The molecule has 0 aromatic heterocycles. The lowest BCUT2D eigenvalue weighted by Crippen LogP contribution is -2.30.